The number of para-hydroxylation sites is 3. The third-order valence-corrected chi connectivity index (χ3v) is 8.13. The molecule has 0 aliphatic heterocycles. The molecule has 0 atom stereocenters. The van der Waals surface area contributed by atoms with Crippen molar-refractivity contribution in [3.8, 4) is 5.75 Å². The Morgan fingerprint density at radius 1 is 0.769 bits per heavy atom. The van der Waals surface area contributed by atoms with Crippen molar-refractivity contribution in [3.63, 3.8) is 0 Å². The number of fused-ring (bicyclic) bond motifs is 3. The summed E-state index contributed by atoms with van der Waals surface area (Å²) in [7, 11) is -3.45. The maximum atomic E-state index is 10.2. The second-order valence-corrected chi connectivity index (χ2v) is 10.5. The molecule has 0 radical (unpaired) electrons. The zero-order valence-corrected chi connectivity index (χ0v) is 16.2. The Labute approximate surface area is 154 Å². The van der Waals surface area contributed by atoms with Gasteiger partial charge in [-0.05, 0) is 36.8 Å². The molecule has 1 aromatic heterocycles. The number of aromatic hydroxyl groups is 1. The van der Waals surface area contributed by atoms with Crippen LogP contribution in [0.25, 0.3) is 21.9 Å². The SMILES string of the molecule is CS(C)(Op1oc2ccccc2c2ccccc2o1)c1ccccc1O. The summed E-state index contributed by atoms with van der Waals surface area (Å²) in [4.78, 5) is 0.764. The van der Waals surface area contributed by atoms with Crippen LogP contribution in [0.2, 0.25) is 0 Å². The van der Waals surface area contributed by atoms with Crippen molar-refractivity contribution in [1.29, 1.82) is 0 Å². The first-order valence-electron chi connectivity index (χ1n) is 8.10. The highest BCUT2D eigenvalue weighted by atomic mass is 32.3. The second kappa shape index (κ2) is 6.76. The van der Waals surface area contributed by atoms with Crippen LogP contribution in [0, 0.1) is 0 Å². The summed E-state index contributed by atoms with van der Waals surface area (Å²) in [5.41, 5.74) is 1.46. The van der Waals surface area contributed by atoms with Gasteiger partial charge in [0.25, 0.3) is 0 Å². The molecule has 26 heavy (non-hydrogen) atoms. The first kappa shape index (κ1) is 17.1. The first-order chi connectivity index (χ1) is 12.5. The van der Waals surface area contributed by atoms with E-state index in [9.17, 15) is 5.11 Å². The van der Waals surface area contributed by atoms with Crippen molar-refractivity contribution in [2.24, 2.45) is 0 Å². The maximum Gasteiger partial charge on any atom is 0.398 e. The Balaban J connectivity index is 1.90. The van der Waals surface area contributed by atoms with Crippen molar-refractivity contribution < 1.29 is 17.5 Å². The zero-order valence-electron chi connectivity index (χ0n) is 14.5. The summed E-state index contributed by atoms with van der Waals surface area (Å²) >= 11 is 0. The molecule has 1 heterocycles. The van der Waals surface area contributed by atoms with E-state index in [1.54, 1.807) is 12.1 Å². The summed E-state index contributed by atoms with van der Waals surface area (Å²) in [5.74, 6) is 0.220. The molecule has 3 aromatic carbocycles. The highest BCUT2D eigenvalue weighted by molar-refractivity contribution is 8.30. The van der Waals surface area contributed by atoms with E-state index in [-0.39, 0.29) is 5.75 Å². The lowest BCUT2D eigenvalue weighted by Gasteiger charge is -2.29. The van der Waals surface area contributed by atoms with Crippen molar-refractivity contribution in [2.45, 2.75) is 4.90 Å². The molecule has 0 spiro atoms. The van der Waals surface area contributed by atoms with Crippen LogP contribution in [0.4, 0.5) is 0 Å². The summed E-state index contributed by atoms with van der Waals surface area (Å²) in [6, 6.07) is 22.9. The van der Waals surface area contributed by atoms with Gasteiger partial charge in [-0.25, -0.2) is 3.97 Å². The lowest BCUT2D eigenvalue weighted by molar-refractivity contribution is 0.460. The number of phenols is 1. The predicted molar refractivity (Wildman–Crippen MR) is 109 cm³/mol. The number of hydrogen-bond donors (Lipinski definition) is 1. The lowest BCUT2D eigenvalue weighted by Crippen LogP contribution is -2.03. The lowest BCUT2D eigenvalue weighted by atomic mass is 10.1. The van der Waals surface area contributed by atoms with E-state index in [4.69, 9.17) is 12.4 Å². The predicted octanol–water partition coefficient (Wildman–Crippen LogP) is 6.46. The van der Waals surface area contributed by atoms with E-state index >= 15 is 0 Å². The van der Waals surface area contributed by atoms with Crippen LogP contribution in [-0.2, 0) is 0 Å². The number of benzene rings is 3. The second-order valence-electron chi connectivity index (χ2n) is 6.17. The molecule has 4 nitrogen and oxygen atoms in total. The third kappa shape index (κ3) is 3.21. The Hall–Kier alpha value is -2.33. The average Bonchev–Trinajstić information content (AvgIpc) is 2.77. The molecule has 0 saturated heterocycles. The minimum absolute atomic E-state index is 0.220. The average molecular weight is 386 g/mol. The van der Waals surface area contributed by atoms with Crippen LogP contribution in [0.3, 0.4) is 0 Å². The van der Waals surface area contributed by atoms with Crippen molar-refractivity contribution in [3.05, 3.63) is 72.8 Å². The van der Waals surface area contributed by atoms with Gasteiger partial charge >= 0.3 is 8.24 Å². The Bertz CT molecular complexity index is 1060. The number of hydrogen-bond acceptors (Lipinski definition) is 4. The van der Waals surface area contributed by atoms with Crippen molar-refractivity contribution >= 4 is 40.5 Å². The van der Waals surface area contributed by atoms with Gasteiger partial charge in [0.1, 0.15) is 16.9 Å². The minimum Gasteiger partial charge on any atom is -0.507 e. The Morgan fingerprint density at radius 3 is 1.85 bits per heavy atom. The maximum absolute atomic E-state index is 10.2. The van der Waals surface area contributed by atoms with Gasteiger partial charge in [-0.3, -0.25) is 0 Å². The van der Waals surface area contributed by atoms with Crippen LogP contribution >= 0.6 is 18.5 Å². The van der Waals surface area contributed by atoms with Gasteiger partial charge in [0.15, 0.2) is 0 Å². The van der Waals surface area contributed by atoms with Crippen LogP contribution < -0.4 is 3.97 Å². The van der Waals surface area contributed by atoms with E-state index < -0.39 is 18.5 Å². The first-order valence-corrected chi connectivity index (χ1v) is 11.6. The molecule has 0 aliphatic rings. The topological polar surface area (TPSA) is 55.7 Å². The molecule has 0 bridgehead atoms. The summed E-state index contributed by atoms with van der Waals surface area (Å²) in [6.07, 6.45) is 3.94. The van der Waals surface area contributed by atoms with Crippen LogP contribution in [0.15, 0.2) is 86.1 Å². The molecule has 134 valence electrons. The normalized spacial score (nSPS) is 12.4. The van der Waals surface area contributed by atoms with Crippen molar-refractivity contribution in [1.82, 2.24) is 0 Å². The Morgan fingerprint density at radius 2 is 1.27 bits per heavy atom. The van der Waals surface area contributed by atoms with Gasteiger partial charge in [0.05, 0.1) is 4.90 Å². The minimum atomic E-state index is -1.78. The fraction of sp³-hybridized carbons (Fsp3) is 0.100. The summed E-state index contributed by atoms with van der Waals surface area (Å²) in [6.45, 7) is 0. The molecule has 1 N–H and O–H groups in total. The molecule has 4 rings (SSSR count). The van der Waals surface area contributed by atoms with E-state index in [1.807, 2.05) is 73.2 Å². The van der Waals surface area contributed by atoms with Crippen LogP contribution in [-0.4, -0.2) is 17.6 Å². The fourth-order valence-electron chi connectivity index (χ4n) is 2.81. The molecule has 0 amide bonds. The quantitative estimate of drug-likeness (QED) is 0.439. The van der Waals surface area contributed by atoms with Crippen LogP contribution in [0.5, 0.6) is 5.75 Å². The van der Waals surface area contributed by atoms with E-state index in [1.165, 1.54) is 0 Å². The largest absolute Gasteiger partial charge is 0.507 e. The smallest absolute Gasteiger partial charge is 0.398 e. The fourth-order valence-corrected chi connectivity index (χ4v) is 6.25. The molecular formula is C20H19O4PS. The van der Waals surface area contributed by atoms with Gasteiger partial charge in [-0.15, -0.1) is 0 Å². The zero-order chi connectivity index (χ0) is 18.1. The van der Waals surface area contributed by atoms with E-state index in [0.717, 1.165) is 26.8 Å². The van der Waals surface area contributed by atoms with E-state index in [0.29, 0.717) is 0 Å². The highest BCUT2D eigenvalue weighted by Crippen LogP contribution is 2.56. The van der Waals surface area contributed by atoms with Crippen molar-refractivity contribution in [2.75, 3.05) is 12.5 Å². The molecule has 0 aliphatic carbocycles. The standard InChI is InChI=1S/C20H19O4PS/c1-26(2,20-14-8-5-11-17(20)21)24-25-22-18-12-6-3-9-15(18)16-10-4-7-13-19(16)23-25/h3-14,21H,1-2H3. The van der Waals surface area contributed by atoms with Crippen LogP contribution in [0.1, 0.15) is 0 Å². The third-order valence-electron chi connectivity index (χ3n) is 4.05. The van der Waals surface area contributed by atoms with Gasteiger partial charge < -0.3 is 13.5 Å². The number of rotatable bonds is 3. The summed E-state index contributed by atoms with van der Waals surface area (Å²) < 4.78 is 18.5. The molecule has 0 fully saturated rings. The number of phenolic OH excluding ortho intramolecular Hbond substituents is 1. The van der Waals surface area contributed by atoms with Gasteiger partial charge in [0.2, 0.25) is 0 Å². The van der Waals surface area contributed by atoms with E-state index in [2.05, 4.69) is 0 Å². The highest BCUT2D eigenvalue weighted by Gasteiger charge is 2.23. The Kier molecular flexibility index (Phi) is 4.45. The van der Waals surface area contributed by atoms with Gasteiger partial charge in [-0.1, -0.05) is 58.8 Å². The molecular weight excluding hydrogens is 367 g/mol. The molecule has 0 saturated carbocycles. The molecule has 6 heteroatoms. The molecule has 4 aromatic rings. The van der Waals surface area contributed by atoms with Gasteiger partial charge in [-0.2, -0.15) is 0 Å². The molecule has 0 unspecified atom stereocenters. The monoisotopic (exact) mass is 386 g/mol. The summed E-state index contributed by atoms with van der Waals surface area (Å²) in [5, 5.41) is 12.2. The van der Waals surface area contributed by atoms with Gasteiger partial charge in [0, 0.05) is 10.8 Å².